The van der Waals surface area contributed by atoms with Gasteiger partial charge in [0.2, 0.25) is 0 Å². The Balaban J connectivity index is 1.29. The first-order chi connectivity index (χ1) is 16.7. The second-order valence-electron chi connectivity index (χ2n) is 13.8. The van der Waals surface area contributed by atoms with Crippen LogP contribution in [0.2, 0.25) is 6.32 Å². The molecule has 3 aliphatic carbocycles. The van der Waals surface area contributed by atoms with Crippen molar-refractivity contribution in [2.45, 2.75) is 109 Å². The Kier molecular flexibility index (Phi) is 6.28. The number of hydrogen-bond acceptors (Lipinski definition) is 7. The van der Waals surface area contributed by atoms with Gasteiger partial charge in [-0.05, 0) is 90.5 Å². The Labute approximate surface area is 216 Å². The summed E-state index contributed by atoms with van der Waals surface area (Å²) in [5.74, 6) is 0.924. The lowest BCUT2D eigenvalue weighted by Gasteiger charge is -2.64. The van der Waals surface area contributed by atoms with Crippen molar-refractivity contribution in [3.05, 3.63) is 0 Å². The van der Waals surface area contributed by atoms with Gasteiger partial charge in [0, 0.05) is 18.0 Å². The molecule has 7 atom stereocenters. The third kappa shape index (κ3) is 3.90. The molecule has 3 saturated heterocycles. The molecule has 3 heterocycles. The van der Waals surface area contributed by atoms with E-state index in [0.29, 0.717) is 17.9 Å². The molecule has 0 unspecified atom stereocenters. The highest BCUT2D eigenvalue weighted by molar-refractivity contribution is 6.45. The van der Waals surface area contributed by atoms with Crippen LogP contribution in [-0.4, -0.2) is 85.6 Å². The molecule has 9 heteroatoms. The number of carbonyl (C=O) groups excluding carboxylic acids is 2. The fraction of sp³-hybridized carbons (Fsp3) is 0.926. The Morgan fingerprint density at radius 1 is 1.17 bits per heavy atom. The maximum Gasteiger partial charge on any atom is 0.457 e. The van der Waals surface area contributed by atoms with Crippen LogP contribution in [0.3, 0.4) is 0 Å². The van der Waals surface area contributed by atoms with E-state index in [1.165, 1.54) is 13.5 Å². The number of esters is 1. The molecule has 6 fully saturated rings. The van der Waals surface area contributed by atoms with E-state index in [4.69, 9.17) is 18.8 Å². The SMILES string of the molecule is COC(=O)[C@H]1N(C(=O)OC(C)(C)C)C[C@@H]2N(C)CC[C@@]21CCCB1O[C@@H]2C[C@@H]3C[C@@H](C3(C)C)[C@]2(C)O1. The average Bonchev–Trinajstić information content (AvgIpc) is 3.40. The maximum atomic E-state index is 13.2. The zero-order valence-electron chi connectivity index (χ0n) is 23.5. The second-order valence-corrected chi connectivity index (χ2v) is 13.8. The van der Waals surface area contributed by atoms with Crippen molar-refractivity contribution < 1.29 is 28.4 Å². The number of likely N-dealkylation sites (tertiary alicyclic amines) is 2. The molecule has 0 radical (unpaired) electrons. The van der Waals surface area contributed by atoms with Crippen LogP contribution in [0, 0.1) is 22.7 Å². The summed E-state index contributed by atoms with van der Waals surface area (Å²) in [7, 11) is 3.29. The number of methoxy groups -OCH3 is 1. The molecular formula is C27H45BN2O6. The molecule has 6 aliphatic rings. The largest absolute Gasteiger partial charge is 0.467 e. The topological polar surface area (TPSA) is 77.5 Å². The lowest BCUT2D eigenvalue weighted by molar-refractivity contribution is -0.199. The summed E-state index contributed by atoms with van der Waals surface area (Å²) >= 11 is 0. The molecule has 3 aliphatic heterocycles. The Hall–Kier alpha value is -1.32. The molecule has 36 heavy (non-hydrogen) atoms. The number of ether oxygens (including phenoxy) is 2. The summed E-state index contributed by atoms with van der Waals surface area (Å²) in [6, 6.07) is -0.557. The zero-order valence-corrected chi connectivity index (χ0v) is 23.5. The smallest absolute Gasteiger partial charge is 0.457 e. The van der Waals surface area contributed by atoms with Gasteiger partial charge in [-0.3, -0.25) is 4.90 Å². The summed E-state index contributed by atoms with van der Waals surface area (Å²) in [6.45, 7) is 13.9. The minimum absolute atomic E-state index is 0.0904. The molecular weight excluding hydrogens is 459 g/mol. The molecule has 1 amide bonds. The van der Waals surface area contributed by atoms with Gasteiger partial charge in [0.15, 0.2) is 0 Å². The van der Waals surface area contributed by atoms with Crippen molar-refractivity contribution in [3.8, 4) is 0 Å². The average molecular weight is 504 g/mol. The monoisotopic (exact) mass is 504 g/mol. The van der Waals surface area contributed by atoms with E-state index < -0.39 is 17.7 Å². The lowest BCUT2D eigenvalue weighted by atomic mass is 9.43. The normalized spacial score (nSPS) is 41.1. The van der Waals surface area contributed by atoms with Gasteiger partial charge in [-0.1, -0.05) is 20.3 Å². The number of hydrogen-bond donors (Lipinski definition) is 0. The van der Waals surface area contributed by atoms with Crippen LogP contribution >= 0.6 is 0 Å². The van der Waals surface area contributed by atoms with Gasteiger partial charge in [0.25, 0.3) is 0 Å². The van der Waals surface area contributed by atoms with Crippen LogP contribution < -0.4 is 0 Å². The van der Waals surface area contributed by atoms with Gasteiger partial charge in [-0.25, -0.2) is 9.59 Å². The summed E-state index contributed by atoms with van der Waals surface area (Å²) < 4.78 is 24.0. The number of rotatable bonds is 5. The van der Waals surface area contributed by atoms with E-state index in [1.54, 1.807) is 4.90 Å². The minimum Gasteiger partial charge on any atom is -0.467 e. The van der Waals surface area contributed by atoms with Crippen LogP contribution in [0.25, 0.3) is 0 Å². The van der Waals surface area contributed by atoms with E-state index in [9.17, 15) is 9.59 Å². The lowest BCUT2D eigenvalue weighted by Crippen LogP contribution is -2.65. The van der Waals surface area contributed by atoms with E-state index in [2.05, 4.69) is 32.7 Å². The first-order valence-electron chi connectivity index (χ1n) is 13.8. The van der Waals surface area contributed by atoms with Crippen LogP contribution in [0.15, 0.2) is 0 Å². The molecule has 3 saturated carbocycles. The van der Waals surface area contributed by atoms with Crippen molar-refractivity contribution in [1.82, 2.24) is 9.80 Å². The quantitative estimate of drug-likeness (QED) is 0.414. The van der Waals surface area contributed by atoms with Gasteiger partial charge in [-0.15, -0.1) is 0 Å². The van der Waals surface area contributed by atoms with Crippen molar-refractivity contribution in [2.75, 3.05) is 27.2 Å². The van der Waals surface area contributed by atoms with Gasteiger partial charge in [0.05, 0.1) is 18.8 Å². The highest BCUT2D eigenvalue weighted by Crippen LogP contribution is 2.66. The number of likely N-dealkylation sites (N-methyl/N-ethyl adjacent to an activating group) is 1. The van der Waals surface area contributed by atoms with E-state index in [-0.39, 0.29) is 36.2 Å². The molecule has 0 spiro atoms. The van der Waals surface area contributed by atoms with Crippen LogP contribution in [0.4, 0.5) is 4.79 Å². The molecule has 6 rings (SSSR count). The third-order valence-electron chi connectivity index (χ3n) is 10.5. The number of amides is 1. The standard InChI is InChI=1S/C27H45BN2O6/c1-24(2,3)34-23(32)30-16-19-27(11-13-29(19)7,21(30)22(31)33-8)10-9-12-28-35-20-15-17-14-18(25(17,4)5)26(20,6)36-28/h17-21H,9-16H2,1-8H3/t17-,18-,19-,20+,21+,26-,27-/m0/s1. The van der Waals surface area contributed by atoms with E-state index in [1.807, 2.05) is 20.8 Å². The van der Waals surface area contributed by atoms with E-state index >= 15 is 0 Å². The third-order valence-corrected chi connectivity index (χ3v) is 10.5. The second kappa shape index (κ2) is 8.60. The van der Waals surface area contributed by atoms with E-state index in [0.717, 1.165) is 44.5 Å². The number of carbonyl (C=O) groups is 2. The molecule has 0 aromatic heterocycles. The maximum absolute atomic E-state index is 13.2. The van der Waals surface area contributed by atoms with Gasteiger partial charge < -0.3 is 23.7 Å². The highest BCUT2D eigenvalue weighted by atomic mass is 16.7. The molecule has 0 aromatic carbocycles. The summed E-state index contributed by atoms with van der Waals surface area (Å²) in [5.41, 5.74) is -0.870. The number of nitrogens with zero attached hydrogens (tertiary/aromatic N) is 2. The minimum atomic E-state index is -0.647. The fourth-order valence-electron chi connectivity index (χ4n) is 8.46. The fourth-order valence-corrected chi connectivity index (χ4v) is 8.46. The van der Waals surface area contributed by atoms with Crippen molar-refractivity contribution in [3.63, 3.8) is 0 Å². The zero-order chi connectivity index (χ0) is 26.3. The van der Waals surface area contributed by atoms with Crippen LogP contribution in [0.5, 0.6) is 0 Å². The molecule has 8 nitrogen and oxygen atoms in total. The molecule has 2 bridgehead atoms. The van der Waals surface area contributed by atoms with Crippen molar-refractivity contribution in [1.29, 1.82) is 0 Å². The number of fused-ring (bicyclic) bond motifs is 1. The summed E-state index contributed by atoms with van der Waals surface area (Å²) in [4.78, 5) is 30.2. The first-order valence-corrected chi connectivity index (χ1v) is 13.8. The van der Waals surface area contributed by atoms with Crippen LogP contribution in [-0.2, 0) is 23.6 Å². The molecule has 0 N–H and O–H groups in total. The Morgan fingerprint density at radius 3 is 2.53 bits per heavy atom. The predicted molar refractivity (Wildman–Crippen MR) is 136 cm³/mol. The van der Waals surface area contributed by atoms with Gasteiger partial charge in [0.1, 0.15) is 11.6 Å². The first kappa shape index (κ1) is 26.3. The highest BCUT2D eigenvalue weighted by Gasteiger charge is 2.68. The predicted octanol–water partition coefficient (Wildman–Crippen LogP) is 3.98. The van der Waals surface area contributed by atoms with Crippen molar-refractivity contribution in [2.24, 2.45) is 22.7 Å². The van der Waals surface area contributed by atoms with Gasteiger partial charge >= 0.3 is 19.2 Å². The van der Waals surface area contributed by atoms with Gasteiger partial charge in [-0.2, -0.15) is 0 Å². The Bertz CT molecular complexity index is 907. The summed E-state index contributed by atoms with van der Waals surface area (Å²) in [6.07, 6.45) is 5.38. The molecule has 202 valence electrons. The Morgan fingerprint density at radius 2 is 1.89 bits per heavy atom. The molecule has 0 aromatic rings. The van der Waals surface area contributed by atoms with Crippen molar-refractivity contribution >= 4 is 19.2 Å². The van der Waals surface area contributed by atoms with Crippen LogP contribution in [0.1, 0.15) is 73.6 Å². The summed E-state index contributed by atoms with van der Waals surface area (Å²) in [5, 5.41) is 0.